The fourth-order valence-corrected chi connectivity index (χ4v) is 2.65. The summed E-state index contributed by atoms with van der Waals surface area (Å²) in [6.45, 7) is 4.41. The van der Waals surface area contributed by atoms with E-state index in [1.807, 2.05) is 6.92 Å². The van der Waals surface area contributed by atoms with E-state index in [0.29, 0.717) is 6.54 Å². The molecule has 0 bridgehead atoms. The Labute approximate surface area is 125 Å². The summed E-state index contributed by atoms with van der Waals surface area (Å²) >= 11 is 0. The van der Waals surface area contributed by atoms with Crippen LogP contribution in [-0.4, -0.2) is 42.1 Å². The molecule has 0 saturated carbocycles. The van der Waals surface area contributed by atoms with Crippen LogP contribution in [0.4, 0.5) is 5.69 Å². The van der Waals surface area contributed by atoms with Crippen LogP contribution in [0, 0.1) is 0 Å². The van der Waals surface area contributed by atoms with Gasteiger partial charge in [0.1, 0.15) is 0 Å². The molecule has 1 saturated heterocycles. The third kappa shape index (κ3) is 4.54. The van der Waals surface area contributed by atoms with Crippen molar-refractivity contribution in [2.24, 2.45) is 5.73 Å². The maximum atomic E-state index is 12.1. The van der Waals surface area contributed by atoms with Gasteiger partial charge >= 0.3 is 0 Å². The van der Waals surface area contributed by atoms with Gasteiger partial charge in [-0.2, -0.15) is 5.10 Å². The Kier molecular flexibility index (Phi) is 5.76. The highest BCUT2D eigenvalue weighted by Gasteiger charge is 2.22. The summed E-state index contributed by atoms with van der Waals surface area (Å²) in [4.78, 5) is 14.2. The minimum atomic E-state index is -0.0332. The van der Waals surface area contributed by atoms with Crippen LogP contribution in [0.5, 0.6) is 0 Å². The summed E-state index contributed by atoms with van der Waals surface area (Å²) in [5, 5.41) is 4.28. The van der Waals surface area contributed by atoms with Gasteiger partial charge in [-0.25, -0.2) is 4.68 Å². The predicted octanol–water partition coefficient (Wildman–Crippen LogP) is 0.986. The van der Waals surface area contributed by atoms with Gasteiger partial charge in [-0.3, -0.25) is 4.79 Å². The van der Waals surface area contributed by atoms with Gasteiger partial charge in [0, 0.05) is 38.9 Å². The summed E-state index contributed by atoms with van der Waals surface area (Å²) in [5.74, 6) is 0. The van der Waals surface area contributed by atoms with Crippen molar-refractivity contribution >= 4 is 5.69 Å². The van der Waals surface area contributed by atoms with Crippen LogP contribution in [0.2, 0.25) is 0 Å². The lowest BCUT2D eigenvalue weighted by Gasteiger charge is -2.18. The number of nitrogens with two attached hydrogens (primary N) is 1. The predicted molar refractivity (Wildman–Crippen MR) is 83.6 cm³/mol. The van der Waals surface area contributed by atoms with Crippen molar-refractivity contribution in [3.63, 3.8) is 0 Å². The lowest BCUT2D eigenvalue weighted by atomic mass is 10.1. The molecule has 6 heteroatoms. The lowest BCUT2D eigenvalue weighted by molar-refractivity contribution is 0.121. The molecule has 2 N–H and O–H groups in total. The summed E-state index contributed by atoms with van der Waals surface area (Å²) in [7, 11) is 1.73. The lowest BCUT2D eigenvalue weighted by Crippen LogP contribution is -2.27. The van der Waals surface area contributed by atoms with Crippen LogP contribution >= 0.6 is 0 Å². The topological polar surface area (TPSA) is 73.4 Å². The molecule has 1 aromatic heterocycles. The van der Waals surface area contributed by atoms with Gasteiger partial charge in [-0.05, 0) is 26.2 Å². The van der Waals surface area contributed by atoms with E-state index >= 15 is 0 Å². The molecule has 1 aliphatic rings. The Morgan fingerprint density at radius 2 is 2.33 bits per heavy atom. The fourth-order valence-electron chi connectivity index (χ4n) is 2.65. The molecule has 2 heterocycles. The first-order valence-electron chi connectivity index (χ1n) is 7.70. The highest BCUT2D eigenvalue weighted by Crippen LogP contribution is 2.19. The van der Waals surface area contributed by atoms with Crippen molar-refractivity contribution in [2.45, 2.75) is 51.3 Å². The smallest absolute Gasteiger partial charge is 0.268 e. The second-order valence-corrected chi connectivity index (χ2v) is 5.84. The van der Waals surface area contributed by atoms with Crippen molar-refractivity contribution in [3.05, 3.63) is 22.6 Å². The number of ether oxygens (including phenoxy) is 1. The maximum absolute atomic E-state index is 12.1. The molecule has 1 fully saturated rings. The number of rotatable bonds is 7. The molecule has 0 aliphatic carbocycles. The molecule has 2 rings (SSSR count). The fraction of sp³-hybridized carbons (Fsp3) is 0.733. The summed E-state index contributed by atoms with van der Waals surface area (Å²) < 4.78 is 6.88. The number of unbranched alkanes of at least 4 members (excludes halogenated alkanes) is 1. The Bertz CT molecular complexity index is 501. The van der Waals surface area contributed by atoms with E-state index in [0.717, 1.165) is 44.5 Å². The highest BCUT2D eigenvalue weighted by molar-refractivity contribution is 5.44. The van der Waals surface area contributed by atoms with Gasteiger partial charge in [0.05, 0.1) is 18.0 Å². The van der Waals surface area contributed by atoms with Crippen LogP contribution < -0.4 is 16.2 Å². The van der Waals surface area contributed by atoms with Crippen molar-refractivity contribution in [2.75, 3.05) is 25.1 Å². The van der Waals surface area contributed by atoms with Gasteiger partial charge < -0.3 is 15.4 Å². The molecule has 0 aromatic carbocycles. The van der Waals surface area contributed by atoms with Crippen molar-refractivity contribution in [3.8, 4) is 0 Å². The van der Waals surface area contributed by atoms with Crippen LogP contribution in [0.1, 0.15) is 32.6 Å². The van der Waals surface area contributed by atoms with E-state index < -0.39 is 0 Å². The Balaban J connectivity index is 1.90. The van der Waals surface area contributed by atoms with Crippen LogP contribution in [0.15, 0.2) is 17.1 Å². The first-order chi connectivity index (χ1) is 10.1. The molecule has 1 aliphatic heterocycles. The Morgan fingerprint density at radius 3 is 2.95 bits per heavy atom. The second kappa shape index (κ2) is 7.56. The zero-order valence-corrected chi connectivity index (χ0v) is 13.0. The molecule has 6 nitrogen and oxygen atoms in total. The number of hydrogen-bond donors (Lipinski definition) is 1. The number of hydrogen-bond acceptors (Lipinski definition) is 5. The maximum Gasteiger partial charge on any atom is 0.268 e. The Morgan fingerprint density at radius 1 is 1.52 bits per heavy atom. The van der Waals surface area contributed by atoms with E-state index in [9.17, 15) is 4.79 Å². The SMILES string of the molecule is COC1CCN(c2cnn(CCCCC(C)N)c(=O)c2)C1. The monoisotopic (exact) mass is 294 g/mol. The zero-order valence-electron chi connectivity index (χ0n) is 13.0. The average Bonchev–Trinajstić information content (AvgIpc) is 2.93. The summed E-state index contributed by atoms with van der Waals surface area (Å²) in [5.41, 5.74) is 6.58. The first-order valence-corrected chi connectivity index (χ1v) is 7.70. The molecule has 21 heavy (non-hydrogen) atoms. The van der Waals surface area contributed by atoms with Gasteiger partial charge in [-0.1, -0.05) is 6.42 Å². The van der Waals surface area contributed by atoms with Gasteiger partial charge in [0.25, 0.3) is 5.56 Å². The third-order valence-electron chi connectivity index (χ3n) is 3.98. The molecule has 1 aromatic rings. The molecule has 0 amide bonds. The van der Waals surface area contributed by atoms with Crippen LogP contribution in [0.25, 0.3) is 0 Å². The summed E-state index contributed by atoms with van der Waals surface area (Å²) in [6, 6.07) is 1.90. The number of aromatic nitrogens is 2. The van der Waals surface area contributed by atoms with E-state index in [1.165, 1.54) is 4.68 Å². The molecular weight excluding hydrogens is 268 g/mol. The molecule has 0 spiro atoms. The second-order valence-electron chi connectivity index (χ2n) is 5.84. The van der Waals surface area contributed by atoms with Crippen molar-refractivity contribution in [1.29, 1.82) is 0 Å². The minimum absolute atomic E-state index is 0.0332. The van der Waals surface area contributed by atoms with Crippen molar-refractivity contribution in [1.82, 2.24) is 9.78 Å². The number of nitrogens with zero attached hydrogens (tertiary/aromatic N) is 3. The van der Waals surface area contributed by atoms with Crippen molar-refractivity contribution < 1.29 is 4.74 Å². The molecule has 2 unspecified atom stereocenters. The van der Waals surface area contributed by atoms with Crippen LogP contribution in [0.3, 0.4) is 0 Å². The third-order valence-corrected chi connectivity index (χ3v) is 3.98. The van der Waals surface area contributed by atoms with E-state index in [2.05, 4.69) is 10.00 Å². The molecule has 2 atom stereocenters. The number of methoxy groups -OCH3 is 1. The normalized spacial score (nSPS) is 20.0. The van der Waals surface area contributed by atoms with E-state index in [1.54, 1.807) is 19.4 Å². The first kappa shape index (κ1) is 16.0. The Hall–Kier alpha value is -1.40. The molecule has 118 valence electrons. The number of aryl methyl sites for hydroxylation is 1. The quantitative estimate of drug-likeness (QED) is 0.759. The van der Waals surface area contributed by atoms with Gasteiger partial charge in [-0.15, -0.1) is 0 Å². The van der Waals surface area contributed by atoms with Gasteiger partial charge in [0.2, 0.25) is 0 Å². The standard InChI is InChI=1S/C15H26N4O2/c1-12(16)5-3-4-7-19-15(20)9-13(10-17-19)18-8-6-14(11-18)21-2/h9-10,12,14H,3-8,11,16H2,1-2H3. The summed E-state index contributed by atoms with van der Waals surface area (Å²) in [6.07, 6.45) is 5.98. The van der Waals surface area contributed by atoms with E-state index in [-0.39, 0.29) is 17.7 Å². The minimum Gasteiger partial charge on any atom is -0.380 e. The van der Waals surface area contributed by atoms with Crippen LogP contribution in [-0.2, 0) is 11.3 Å². The van der Waals surface area contributed by atoms with Gasteiger partial charge in [0.15, 0.2) is 0 Å². The number of anilines is 1. The largest absolute Gasteiger partial charge is 0.380 e. The molecular formula is C15H26N4O2. The molecule has 0 radical (unpaired) electrons. The van der Waals surface area contributed by atoms with E-state index in [4.69, 9.17) is 10.5 Å². The highest BCUT2D eigenvalue weighted by atomic mass is 16.5. The average molecular weight is 294 g/mol. The zero-order chi connectivity index (χ0) is 15.2.